The Balaban J connectivity index is 1.84. The molecular weight excluding hydrogens is 279 g/mol. The number of halogens is 1. The number of rotatable bonds is 7. The van der Waals surface area contributed by atoms with Gasteiger partial charge in [-0.15, -0.1) is 0 Å². The predicted molar refractivity (Wildman–Crippen MR) is 87.5 cm³/mol. The van der Waals surface area contributed by atoms with E-state index in [1.54, 1.807) is 0 Å². The van der Waals surface area contributed by atoms with E-state index in [1.807, 2.05) is 11.8 Å². The number of piperazine rings is 1. The second kappa shape index (κ2) is 8.28. The molecule has 1 heterocycles. The fourth-order valence-electron chi connectivity index (χ4n) is 2.94. The minimum atomic E-state index is -0.237. The molecule has 0 N–H and O–H groups in total. The Kier molecular flexibility index (Phi) is 6.37. The van der Waals surface area contributed by atoms with E-state index < -0.39 is 0 Å². The van der Waals surface area contributed by atoms with Crippen LogP contribution in [0.3, 0.4) is 0 Å². The molecule has 1 aromatic carbocycles. The van der Waals surface area contributed by atoms with Crippen LogP contribution in [-0.2, 0) is 11.3 Å². The molecule has 0 saturated carbocycles. The van der Waals surface area contributed by atoms with Crippen molar-refractivity contribution in [2.24, 2.45) is 0 Å². The predicted octanol–water partition coefficient (Wildman–Crippen LogP) is 3.17. The fraction of sp³-hybridized carbons (Fsp3) is 0.611. The molecule has 1 aromatic rings. The monoisotopic (exact) mass is 306 g/mol. The summed E-state index contributed by atoms with van der Waals surface area (Å²) < 4.78 is 12.1. The average Bonchev–Trinajstić information content (AvgIpc) is 2.52. The van der Waals surface area contributed by atoms with E-state index >= 15 is 0 Å². The first-order valence-electron chi connectivity index (χ1n) is 8.26. The summed E-state index contributed by atoms with van der Waals surface area (Å²) in [6, 6.07) is 8.30. The van der Waals surface area contributed by atoms with Crippen LogP contribution in [0.25, 0.3) is 0 Å². The summed E-state index contributed by atoms with van der Waals surface area (Å²) in [5.41, 5.74) is 2.42. The summed E-state index contributed by atoms with van der Waals surface area (Å²) in [4.78, 5) is 16.7. The summed E-state index contributed by atoms with van der Waals surface area (Å²) in [5, 5.41) is 0. The zero-order valence-electron chi connectivity index (χ0n) is 13.7. The van der Waals surface area contributed by atoms with Gasteiger partial charge in [0, 0.05) is 19.6 Å². The Labute approximate surface area is 133 Å². The molecule has 1 unspecified atom stereocenters. The van der Waals surface area contributed by atoms with Crippen LogP contribution in [0.1, 0.15) is 37.3 Å². The van der Waals surface area contributed by atoms with Crippen molar-refractivity contribution in [3.63, 3.8) is 0 Å². The minimum Gasteiger partial charge on any atom is -0.336 e. The van der Waals surface area contributed by atoms with Gasteiger partial charge in [-0.3, -0.25) is 14.1 Å². The molecule has 22 heavy (non-hydrogen) atoms. The van der Waals surface area contributed by atoms with Crippen molar-refractivity contribution in [2.75, 3.05) is 26.3 Å². The number of carbonyl (C=O) groups excluding carboxylic acids is 1. The molecule has 1 saturated heterocycles. The van der Waals surface area contributed by atoms with Crippen molar-refractivity contribution in [3.8, 4) is 0 Å². The fourth-order valence-corrected chi connectivity index (χ4v) is 2.94. The van der Waals surface area contributed by atoms with Crippen molar-refractivity contribution >= 4 is 5.91 Å². The summed E-state index contributed by atoms with van der Waals surface area (Å²) in [6.07, 6.45) is 2.51. The van der Waals surface area contributed by atoms with Gasteiger partial charge in [0.25, 0.3) is 0 Å². The summed E-state index contributed by atoms with van der Waals surface area (Å²) in [6.45, 7) is 7.09. The number of benzene rings is 1. The molecule has 1 fully saturated rings. The lowest BCUT2D eigenvalue weighted by Crippen LogP contribution is -2.55. The Hall–Kier alpha value is -1.42. The van der Waals surface area contributed by atoms with Crippen LogP contribution in [0.5, 0.6) is 0 Å². The SMILES string of the molecule is Cc1ccc(CN2CCN(CCCCCF)C(C)C2=O)cc1. The number of amides is 1. The molecule has 1 atom stereocenters. The highest BCUT2D eigenvalue weighted by atomic mass is 19.1. The second-order valence-electron chi connectivity index (χ2n) is 6.21. The van der Waals surface area contributed by atoms with Gasteiger partial charge in [0.15, 0.2) is 0 Å². The first-order valence-corrected chi connectivity index (χ1v) is 8.26. The molecule has 0 aliphatic carbocycles. The lowest BCUT2D eigenvalue weighted by Gasteiger charge is -2.39. The first-order chi connectivity index (χ1) is 10.6. The maximum atomic E-state index is 12.5. The van der Waals surface area contributed by atoms with Gasteiger partial charge >= 0.3 is 0 Å². The van der Waals surface area contributed by atoms with Crippen LogP contribution in [0.15, 0.2) is 24.3 Å². The summed E-state index contributed by atoms with van der Waals surface area (Å²) >= 11 is 0. The second-order valence-corrected chi connectivity index (χ2v) is 6.21. The third kappa shape index (κ3) is 4.54. The smallest absolute Gasteiger partial charge is 0.239 e. The number of aryl methyl sites for hydroxylation is 1. The van der Waals surface area contributed by atoms with E-state index in [-0.39, 0.29) is 18.6 Å². The molecule has 122 valence electrons. The van der Waals surface area contributed by atoms with Crippen molar-refractivity contribution in [1.29, 1.82) is 0 Å². The van der Waals surface area contributed by atoms with Crippen molar-refractivity contribution < 1.29 is 9.18 Å². The molecule has 4 heteroatoms. The van der Waals surface area contributed by atoms with E-state index in [0.29, 0.717) is 13.0 Å². The maximum absolute atomic E-state index is 12.5. The largest absolute Gasteiger partial charge is 0.336 e. The number of hydrogen-bond acceptors (Lipinski definition) is 2. The quantitative estimate of drug-likeness (QED) is 0.722. The Morgan fingerprint density at radius 2 is 1.86 bits per heavy atom. The standard InChI is InChI=1S/C18H27FN2O/c1-15-6-8-17(9-7-15)14-21-13-12-20(16(2)18(21)22)11-5-3-4-10-19/h6-9,16H,3-5,10-14H2,1-2H3. The summed E-state index contributed by atoms with van der Waals surface area (Å²) in [5.74, 6) is 0.206. The Bertz CT molecular complexity index is 474. The molecule has 2 rings (SSSR count). The highest BCUT2D eigenvalue weighted by Gasteiger charge is 2.30. The number of alkyl halides is 1. The van der Waals surface area contributed by atoms with Gasteiger partial charge in [0.05, 0.1) is 12.7 Å². The maximum Gasteiger partial charge on any atom is 0.239 e. The summed E-state index contributed by atoms with van der Waals surface area (Å²) in [7, 11) is 0. The molecule has 1 aliphatic heterocycles. The van der Waals surface area contributed by atoms with Gasteiger partial charge in [-0.25, -0.2) is 0 Å². The topological polar surface area (TPSA) is 23.6 Å². The lowest BCUT2D eigenvalue weighted by atomic mass is 10.1. The molecule has 0 aromatic heterocycles. The van der Waals surface area contributed by atoms with Crippen LogP contribution in [0, 0.1) is 6.92 Å². The minimum absolute atomic E-state index is 0.0652. The van der Waals surface area contributed by atoms with E-state index in [4.69, 9.17) is 0 Å². The van der Waals surface area contributed by atoms with Crippen LogP contribution < -0.4 is 0 Å². The Morgan fingerprint density at radius 1 is 1.14 bits per heavy atom. The van der Waals surface area contributed by atoms with Crippen LogP contribution >= 0.6 is 0 Å². The molecule has 3 nitrogen and oxygen atoms in total. The van der Waals surface area contributed by atoms with Gasteiger partial charge in [-0.2, -0.15) is 0 Å². The van der Waals surface area contributed by atoms with E-state index in [0.717, 1.165) is 32.5 Å². The zero-order valence-corrected chi connectivity index (χ0v) is 13.7. The zero-order chi connectivity index (χ0) is 15.9. The van der Waals surface area contributed by atoms with Crippen molar-refractivity contribution in [3.05, 3.63) is 35.4 Å². The lowest BCUT2D eigenvalue weighted by molar-refractivity contribution is -0.141. The molecule has 0 radical (unpaired) electrons. The van der Waals surface area contributed by atoms with Gasteiger partial charge in [0.2, 0.25) is 5.91 Å². The number of nitrogens with zero attached hydrogens (tertiary/aromatic N) is 2. The van der Waals surface area contributed by atoms with Crippen LogP contribution in [-0.4, -0.2) is 48.1 Å². The van der Waals surface area contributed by atoms with Gasteiger partial charge in [0.1, 0.15) is 0 Å². The first kappa shape index (κ1) is 16.9. The molecule has 0 spiro atoms. The third-order valence-electron chi connectivity index (χ3n) is 4.45. The van der Waals surface area contributed by atoms with Crippen molar-refractivity contribution in [1.82, 2.24) is 9.80 Å². The van der Waals surface area contributed by atoms with Crippen LogP contribution in [0.2, 0.25) is 0 Å². The molecule has 1 amide bonds. The van der Waals surface area contributed by atoms with E-state index in [1.165, 1.54) is 11.1 Å². The van der Waals surface area contributed by atoms with Gasteiger partial charge in [-0.1, -0.05) is 29.8 Å². The number of unbranched alkanes of at least 4 members (excludes halogenated alkanes) is 2. The van der Waals surface area contributed by atoms with Gasteiger partial charge < -0.3 is 4.90 Å². The molecule has 0 bridgehead atoms. The third-order valence-corrected chi connectivity index (χ3v) is 4.45. The average molecular weight is 306 g/mol. The Morgan fingerprint density at radius 3 is 2.55 bits per heavy atom. The molecular formula is C18H27FN2O. The van der Waals surface area contributed by atoms with Gasteiger partial charge in [-0.05, 0) is 45.2 Å². The highest BCUT2D eigenvalue weighted by molar-refractivity contribution is 5.82. The van der Waals surface area contributed by atoms with Crippen molar-refractivity contribution in [2.45, 2.75) is 45.7 Å². The normalized spacial score (nSPS) is 19.7. The number of hydrogen-bond donors (Lipinski definition) is 0. The number of carbonyl (C=O) groups is 1. The van der Waals surface area contributed by atoms with E-state index in [9.17, 15) is 9.18 Å². The highest BCUT2D eigenvalue weighted by Crippen LogP contribution is 2.16. The van der Waals surface area contributed by atoms with E-state index in [2.05, 4.69) is 36.1 Å². The molecule has 1 aliphatic rings. The van der Waals surface area contributed by atoms with Crippen LogP contribution in [0.4, 0.5) is 4.39 Å².